The molecule has 100 valence electrons. The van der Waals surface area contributed by atoms with E-state index in [-0.39, 0.29) is 17.9 Å². The number of nitro groups is 1. The Labute approximate surface area is 107 Å². The lowest BCUT2D eigenvalue weighted by Gasteiger charge is -2.00. The molecule has 2 aromatic rings. The quantitative estimate of drug-likeness (QED) is 0.652. The molecular weight excluding hydrogens is 254 g/mol. The van der Waals surface area contributed by atoms with Crippen LogP contribution >= 0.6 is 0 Å². The Kier molecular flexibility index (Phi) is 3.27. The summed E-state index contributed by atoms with van der Waals surface area (Å²) >= 11 is 0. The van der Waals surface area contributed by atoms with E-state index in [0.717, 1.165) is 0 Å². The molecule has 0 radical (unpaired) electrons. The van der Waals surface area contributed by atoms with E-state index in [1.165, 1.54) is 17.8 Å². The molecule has 0 atom stereocenters. The highest BCUT2D eigenvalue weighted by Crippen LogP contribution is 2.15. The van der Waals surface area contributed by atoms with Crippen molar-refractivity contribution in [1.82, 2.24) is 14.9 Å². The molecule has 0 spiro atoms. The summed E-state index contributed by atoms with van der Waals surface area (Å²) in [5.41, 5.74) is 0.139. The van der Waals surface area contributed by atoms with Crippen molar-refractivity contribution in [2.24, 2.45) is 0 Å². The van der Waals surface area contributed by atoms with E-state index >= 15 is 0 Å². The van der Waals surface area contributed by atoms with Crippen molar-refractivity contribution in [1.29, 1.82) is 0 Å². The fraction of sp³-hybridized carbons (Fsp3) is 0.300. The van der Waals surface area contributed by atoms with Gasteiger partial charge in [0.15, 0.2) is 5.82 Å². The molecule has 0 saturated carbocycles. The molecule has 9 heteroatoms. The molecule has 0 unspecified atom stereocenters. The van der Waals surface area contributed by atoms with Crippen LogP contribution < -0.4 is 5.32 Å². The van der Waals surface area contributed by atoms with Gasteiger partial charge in [0.1, 0.15) is 24.2 Å². The van der Waals surface area contributed by atoms with Gasteiger partial charge in [0, 0.05) is 6.07 Å². The van der Waals surface area contributed by atoms with Crippen LogP contribution in [-0.2, 0) is 11.3 Å². The van der Waals surface area contributed by atoms with Crippen LogP contribution in [0.3, 0.4) is 0 Å². The molecule has 0 saturated heterocycles. The normalized spacial score (nSPS) is 10.4. The summed E-state index contributed by atoms with van der Waals surface area (Å²) in [6.07, 6.45) is 1.21. The Morgan fingerprint density at radius 3 is 2.84 bits per heavy atom. The van der Waals surface area contributed by atoms with Gasteiger partial charge in [0.05, 0.1) is 4.92 Å². The highest BCUT2D eigenvalue weighted by molar-refractivity contribution is 5.89. The fourth-order valence-electron chi connectivity index (χ4n) is 1.52. The van der Waals surface area contributed by atoms with Crippen LogP contribution in [0.5, 0.6) is 0 Å². The van der Waals surface area contributed by atoms with Crippen molar-refractivity contribution >= 4 is 17.4 Å². The number of aryl methyl sites for hydroxylation is 2. The topological polar surface area (TPSA) is 116 Å². The monoisotopic (exact) mass is 265 g/mol. The molecule has 0 aliphatic heterocycles. The third-order valence-electron chi connectivity index (χ3n) is 2.32. The van der Waals surface area contributed by atoms with Gasteiger partial charge in [0.25, 0.3) is 0 Å². The largest absolute Gasteiger partial charge is 0.360 e. The van der Waals surface area contributed by atoms with E-state index in [1.54, 1.807) is 13.0 Å². The molecule has 19 heavy (non-hydrogen) atoms. The molecule has 2 heterocycles. The number of hydrogen-bond acceptors (Lipinski definition) is 6. The van der Waals surface area contributed by atoms with Crippen LogP contribution in [-0.4, -0.2) is 25.8 Å². The molecule has 1 amide bonds. The molecule has 0 aliphatic rings. The van der Waals surface area contributed by atoms with Gasteiger partial charge in [-0.05, 0) is 13.8 Å². The minimum absolute atomic E-state index is 0.120. The molecule has 1 N–H and O–H groups in total. The second kappa shape index (κ2) is 4.88. The lowest BCUT2D eigenvalue weighted by Crippen LogP contribution is -2.19. The number of nitrogens with zero attached hydrogens (tertiary/aromatic N) is 4. The number of aromatic nitrogens is 3. The third-order valence-corrected chi connectivity index (χ3v) is 2.32. The van der Waals surface area contributed by atoms with Gasteiger partial charge in [-0.2, -0.15) is 5.10 Å². The number of rotatable bonds is 4. The van der Waals surface area contributed by atoms with Gasteiger partial charge in [-0.3, -0.25) is 19.6 Å². The number of nitrogens with one attached hydrogen (secondary N) is 1. The Morgan fingerprint density at radius 1 is 1.58 bits per heavy atom. The van der Waals surface area contributed by atoms with Crippen molar-refractivity contribution in [3.8, 4) is 0 Å². The SMILES string of the molecule is Cc1cc(NC(=O)Cn2cc([N+](=O)[O-])c(C)n2)no1. The zero-order valence-electron chi connectivity index (χ0n) is 10.3. The zero-order valence-corrected chi connectivity index (χ0v) is 10.3. The van der Waals surface area contributed by atoms with Gasteiger partial charge in [-0.1, -0.05) is 5.16 Å². The summed E-state index contributed by atoms with van der Waals surface area (Å²) in [4.78, 5) is 21.8. The molecular formula is C10H11N5O4. The zero-order chi connectivity index (χ0) is 14.0. The molecule has 2 aromatic heterocycles. The molecule has 0 fully saturated rings. The van der Waals surface area contributed by atoms with Crippen molar-refractivity contribution in [3.63, 3.8) is 0 Å². The molecule has 0 aromatic carbocycles. The second-order valence-electron chi connectivity index (χ2n) is 3.93. The number of carbonyl (C=O) groups excluding carboxylic acids is 1. The van der Waals surface area contributed by atoms with E-state index in [9.17, 15) is 14.9 Å². The standard InChI is InChI=1S/C10H11N5O4/c1-6-3-9(13-19-6)11-10(16)5-14-4-8(15(17)18)7(2)12-14/h3-4H,5H2,1-2H3,(H,11,13,16). The third kappa shape index (κ3) is 2.94. The first kappa shape index (κ1) is 12.7. The van der Waals surface area contributed by atoms with Crippen LogP contribution in [0.25, 0.3) is 0 Å². The van der Waals surface area contributed by atoms with Gasteiger partial charge in [0.2, 0.25) is 5.91 Å². The highest BCUT2D eigenvalue weighted by Gasteiger charge is 2.17. The summed E-state index contributed by atoms with van der Waals surface area (Å²) in [6, 6.07) is 1.56. The lowest BCUT2D eigenvalue weighted by molar-refractivity contribution is -0.385. The summed E-state index contributed by atoms with van der Waals surface area (Å²) in [5, 5.41) is 20.6. The summed E-state index contributed by atoms with van der Waals surface area (Å²) < 4.78 is 6.00. The minimum atomic E-state index is -0.544. The first-order valence-electron chi connectivity index (χ1n) is 5.37. The number of hydrogen-bond donors (Lipinski definition) is 1. The van der Waals surface area contributed by atoms with Gasteiger partial charge in [-0.15, -0.1) is 0 Å². The van der Waals surface area contributed by atoms with E-state index < -0.39 is 10.8 Å². The molecule has 0 bridgehead atoms. The van der Waals surface area contributed by atoms with Crippen LogP contribution in [0.2, 0.25) is 0 Å². The van der Waals surface area contributed by atoms with E-state index in [4.69, 9.17) is 4.52 Å². The maximum atomic E-state index is 11.7. The average molecular weight is 265 g/mol. The van der Waals surface area contributed by atoms with Crippen LogP contribution in [0, 0.1) is 24.0 Å². The first-order valence-corrected chi connectivity index (χ1v) is 5.37. The number of amides is 1. The van der Waals surface area contributed by atoms with Crippen molar-refractivity contribution in [3.05, 3.63) is 33.8 Å². The Morgan fingerprint density at radius 2 is 2.32 bits per heavy atom. The van der Waals surface area contributed by atoms with Crippen LogP contribution in [0.1, 0.15) is 11.5 Å². The van der Waals surface area contributed by atoms with E-state index in [1.807, 2.05) is 0 Å². The fourth-order valence-corrected chi connectivity index (χ4v) is 1.52. The van der Waals surface area contributed by atoms with Crippen molar-refractivity contribution < 1.29 is 14.2 Å². The van der Waals surface area contributed by atoms with E-state index in [0.29, 0.717) is 11.6 Å². The molecule has 2 rings (SSSR count). The van der Waals surface area contributed by atoms with Gasteiger partial charge < -0.3 is 9.84 Å². The number of carbonyl (C=O) groups is 1. The number of anilines is 1. The maximum Gasteiger partial charge on any atom is 0.309 e. The van der Waals surface area contributed by atoms with E-state index in [2.05, 4.69) is 15.6 Å². The Hall–Kier alpha value is -2.71. The van der Waals surface area contributed by atoms with Crippen molar-refractivity contribution in [2.75, 3.05) is 5.32 Å². The smallest absolute Gasteiger partial charge is 0.309 e. The van der Waals surface area contributed by atoms with Gasteiger partial charge >= 0.3 is 5.69 Å². The molecule has 0 aliphatic carbocycles. The van der Waals surface area contributed by atoms with Gasteiger partial charge in [-0.25, -0.2) is 0 Å². The second-order valence-corrected chi connectivity index (χ2v) is 3.93. The summed E-state index contributed by atoms with van der Waals surface area (Å²) in [6.45, 7) is 3.07. The highest BCUT2D eigenvalue weighted by atomic mass is 16.6. The van der Waals surface area contributed by atoms with Crippen LogP contribution in [0.4, 0.5) is 11.5 Å². The lowest BCUT2D eigenvalue weighted by atomic mass is 10.4. The predicted octanol–water partition coefficient (Wildman–Crippen LogP) is 1.03. The Bertz CT molecular complexity index is 630. The summed E-state index contributed by atoms with van der Waals surface area (Å²) in [5.74, 6) is 0.465. The predicted molar refractivity (Wildman–Crippen MR) is 63.5 cm³/mol. The molecule has 9 nitrogen and oxygen atoms in total. The Balaban J connectivity index is 2.03. The minimum Gasteiger partial charge on any atom is -0.360 e. The van der Waals surface area contributed by atoms with Crippen LogP contribution in [0.15, 0.2) is 16.8 Å². The first-order chi connectivity index (χ1) is 8.95. The average Bonchev–Trinajstić information content (AvgIpc) is 2.85. The van der Waals surface area contributed by atoms with Crippen molar-refractivity contribution in [2.45, 2.75) is 20.4 Å². The maximum absolute atomic E-state index is 11.7. The summed E-state index contributed by atoms with van der Waals surface area (Å²) in [7, 11) is 0.